The van der Waals surface area contributed by atoms with Crippen LogP contribution >= 0.6 is 0 Å². The quantitative estimate of drug-likeness (QED) is 0.651. The van der Waals surface area contributed by atoms with Crippen LogP contribution in [0.15, 0.2) is 0 Å². The third kappa shape index (κ3) is 8.26. The van der Waals surface area contributed by atoms with Crippen molar-refractivity contribution in [2.75, 3.05) is 0 Å². The molecule has 16 heavy (non-hydrogen) atoms. The molecule has 4 nitrogen and oxygen atoms in total. The van der Waals surface area contributed by atoms with Crippen LogP contribution in [0.2, 0.25) is 0 Å². The highest BCUT2D eigenvalue weighted by molar-refractivity contribution is 5.66. The van der Waals surface area contributed by atoms with Gasteiger partial charge in [-0.2, -0.15) is 0 Å². The monoisotopic (exact) mass is 230 g/mol. The lowest BCUT2D eigenvalue weighted by Gasteiger charge is -2.17. The van der Waals surface area contributed by atoms with Crippen molar-refractivity contribution in [1.29, 1.82) is 0 Å². The normalized spacial score (nSPS) is 14.2. The Morgan fingerprint density at radius 3 is 2.31 bits per heavy atom. The van der Waals surface area contributed by atoms with Gasteiger partial charge in [0.1, 0.15) is 6.10 Å². The fraction of sp³-hybridized carbons (Fsp3) is 0.833. The Bertz CT molecular complexity index is 225. The van der Waals surface area contributed by atoms with Gasteiger partial charge in [-0.05, 0) is 31.6 Å². The van der Waals surface area contributed by atoms with E-state index >= 15 is 0 Å². The molecule has 0 heterocycles. The van der Waals surface area contributed by atoms with E-state index in [4.69, 9.17) is 9.84 Å². The van der Waals surface area contributed by atoms with Gasteiger partial charge >= 0.3 is 11.9 Å². The van der Waals surface area contributed by atoms with Crippen molar-refractivity contribution in [3.8, 4) is 0 Å². The molecule has 0 fully saturated rings. The summed E-state index contributed by atoms with van der Waals surface area (Å²) in [4.78, 5) is 21.1. The van der Waals surface area contributed by atoms with E-state index in [1.54, 1.807) is 0 Å². The highest BCUT2D eigenvalue weighted by Gasteiger charge is 2.12. The van der Waals surface area contributed by atoms with Crippen molar-refractivity contribution >= 4 is 11.9 Å². The van der Waals surface area contributed by atoms with E-state index in [0.717, 1.165) is 19.3 Å². The SMILES string of the molecule is CCC(CC[C@H](C)CCC(=O)O)OC(C)=O. The van der Waals surface area contributed by atoms with Gasteiger partial charge in [-0.1, -0.05) is 13.8 Å². The Balaban J connectivity index is 3.74. The molecule has 0 spiro atoms. The summed E-state index contributed by atoms with van der Waals surface area (Å²) in [5.41, 5.74) is 0. The zero-order chi connectivity index (χ0) is 12.6. The number of esters is 1. The van der Waals surface area contributed by atoms with Crippen LogP contribution in [0, 0.1) is 5.92 Å². The Morgan fingerprint density at radius 1 is 1.25 bits per heavy atom. The minimum absolute atomic E-state index is 0.0234. The van der Waals surface area contributed by atoms with Crippen LogP contribution in [0.1, 0.15) is 52.9 Å². The molecule has 4 heteroatoms. The average molecular weight is 230 g/mol. The number of carbonyl (C=O) groups is 2. The number of hydrogen-bond acceptors (Lipinski definition) is 3. The van der Waals surface area contributed by atoms with Gasteiger partial charge in [0.15, 0.2) is 0 Å². The maximum atomic E-state index is 10.8. The van der Waals surface area contributed by atoms with Crippen LogP contribution < -0.4 is 0 Å². The van der Waals surface area contributed by atoms with E-state index in [0.29, 0.717) is 12.3 Å². The lowest BCUT2D eigenvalue weighted by Crippen LogP contribution is -2.16. The summed E-state index contributed by atoms with van der Waals surface area (Å²) in [5, 5.41) is 8.54. The summed E-state index contributed by atoms with van der Waals surface area (Å²) in [7, 11) is 0. The zero-order valence-electron chi connectivity index (χ0n) is 10.4. The Hall–Kier alpha value is -1.06. The summed E-state index contributed by atoms with van der Waals surface area (Å²) in [5.74, 6) is -0.635. The molecule has 0 radical (unpaired) electrons. The number of rotatable bonds is 8. The molecule has 0 aliphatic rings. The minimum Gasteiger partial charge on any atom is -0.481 e. The van der Waals surface area contributed by atoms with Gasteiger partial charge in [0.05, 0.1) is 0 Å². The molecule has 0 bridgehead atoms. The average Bonchev–Trinajstić information content (AvgIpc) is 2.20. The van der Waals surface area contributed by atoms with E-state index in [9.17, 15) is 9.59 Å². The van der Waals surface area contributed by atoms with Crippen molar-refractivity contribution in [3.05, 3.63) is 0 Å². The van der Waals surface area contributed by atoms with Gasteiger partial charge in [-0.3, -0.25) is 9.59 Å². The van der Waals surface area contributed by atoms with E-state index in [2.05, 4.69) is 0 Å². The first-order valence-corrected chi connectivity index (χ1v) is 5.84. The Kier molecular flexibility index (Phi) is 7.60. The second kappa shape index (κ2) is 8.13. The fourth-order valence-corrected chi connectivity index (χ4v) is 1.57. The molecule has 0 aliphatic carbocycles. The number of carboxylic acids is 1. The molecule has 0 aromatic carbocycles. The molecular weight excluding hydrogens is 208 g/mol. The van der Waals surface area contributed by atoms with Crippen molar-refractivity contribution < 1.29 is 19.4 Å². The highest BCUT2D eigenvalue weighted by atomic mass is 16.5. The van der Waals surface area contributed by atoms with Crippen molar-refractivity contribution in [2.45, 2.75) is 59.0 Å². The van der Waals surface area contributed by atoms with Crippen molar-refractivity contribution in [3.63, 3.8) is 0 Å². The summed E-state index contributed by atoms with van der Waals surface area (Å²) in [6.45, 7) is 5.43. The smallest absolute Gasteiger partial charge is 0.303 e. The number of ether oxygens (including phenoxy) is 1. The van der Waals surface area contributed by atoms with Crippen LogP contribution in [0.4, 0.5) is 0 Å². The molecule has 0 aliphatic heterocycles. The van der Waals surface area contributed by atoms with Crippen LogP contribution in [-0.4, -0.2) is 23.1 Å². The van der Waals surface area contributed by atoms with Crippen LogP contribution in [0.3, 0.4) is 0 Å². The Labute approximate surface area is 97.0 Å². The van der Waals surface area contributed by atoms with E-state index in [1.807, 2.05) is 13.8 Å². The molecule has 1 unspecified atom stereocenters. The standard InChI is InChI=1S/C12H22O4/c1-4-11(16-10(3)13)7-5-9(2)6-8-12(14)15/h9,11H,4-8H2,1-3H3,(H,14,15)/t9-,11?/m0/s1. The zero-order valence-corrected chi connectivity index (χ0v) is 10.4. The maximum Gasteiger partial charge on any atom is 0.303 e. The van der Waals surface area contributed by atoms with Crippen molar-refractivity contribution in [1.82, 2.24) is 0 Å². The molecular formula is C12H22O4. The summed E-state index contributed by atoms with van der Waals surface area (Å²) in [6.07, 6.45) is 3.41. The van der Waals surface area contributed by atoms with Gasteiger partial charge in [0.2, 0.25) is 0 Å². The number of carbonyl (C=O) groups excluding carboxylic acids is 1. The molecule has 0 saturated carbocycles. The topological polar surface area (TPSA) is 63.6 Å². The summed E-state index contributed by atoms with van der Waals surface area (Å²) < 4.78 is 5.12. The molecule has 94 valence electrons. The fourth-order valence-electron chi connectivity index (χ4n) is 1.57. The van der Waals surface area contributed by atoms with Crippen LogP contribution in [0.25, 0.3) is 0 Å². The lowest BCUT2D eigenvalue weighted by atomic mass is 9.97. The van der Waals surface area contributed by atoms with E-state index in [-0.39, 0.29) is 18.5 Å². The van der Waals surface area contributed by atoms with Gasteiger partial charge in [0, 0.05) is 13.3 Å². The first kappa shape index (κ1) is 14.9. The number of carboxylic acid groups (broad SMARTS) is 1. The number of aliphatic carboxylic acids is 1. The second-order valence-corrected chi connectivity index (χ2v) is 4.25. The van der Waals surface area contributed by atoms with Crippen LogP contribution in [-0.2, 0) is 14.3 Å². The predicted octanol–water partition coefficient (Wildman–Crippen LogP) is 2.61. The minimum atomic E-state index is -0.751. The third-order valence-corrected chi connectivity index (χ3v) is 2.62. The molecule has 0 aromatic rings. The lowest BCUT2D eigenvalue weighted by molar-refractivity contribution is -0.146. The second-order valence-electron chi connectivity index (χ2n) is 4.25. The summed E-state index contributed by atoms with van der Waals surface area (Å²) >= 11 is 0. The number of hydrogen-bond donors (Lipinski definition) is 1. The van der Waals surface area contributed by atoms with Gasteiger partial charge < -0.3 is 9.84 Å². The molecule has 0 aromatic heterocycles. The van der Waals surface area contributed by atoms with Crippen LogP contribution in [0.5, 0.6) is 0 Å². The molecule has 0 amide bonds. The maximum absolute atomic E-state index is 10.8. The largest absolute Gasteiger partial charge is 0.481 e. The molecule has 0 saturated heterocycles. The van der Waals surface area contributed by atoms with Gasteiger partial charge in [-0.15, -0.1) is 0 Å². The highest BCUT2D eigenvalue weighted by Crippen LogP contribution is 2.17. The van der Waals surface area contributed by atoms with Gasteiger partial charge in [-0.25, -0.2) is 0 Å². The van der Waals surface area contributed by atoms with Gasteiger partial charge in [0.25, 0.3) is 0 Å². The summed E-state index contributed by atoms with van der Waals surface area (Å²) in [6, 6.07) is 0. The molecule has 1 N–H and O–H groups in total. The van der Waals surface area contributed by atoms with Crippen molar-refractivity contribution in [2.24, 2.45) is 5.92 Å². The first-order valence-electron chi connectivity index (χ1n) is 5.84. The third-order valence-electron chi connectivity index (χ3n) is 2.62. The van der Waals surface area contributed by atoms with E-state index in [1.165, 1.54) is 6.92 Å². The predicted molar refractivity (Wildman–Crippen MR) is 61.1 cm³/mol. The Morgan fingerprint density at radius 2 is 1.88 bits per heavy atom. The molecule has 0 rings (SSSR count). The first-order chi connectivity index (χ1) is 7.45. The molecule has 2 atom stereocenters. The van der Waals surface area contributed by atoms with E-state index < -0.39 is 5.97 Å².